The molecule has 0 radical (unpaired) electrons. The molecule has 4 aromatic carbocycles. The van der Waals surface area contributed by atoms with Crippen molar-refractivity contribution in [3.63, 3.8) is 0 Å². The molecule has 0 aliphatic carbocycles. The Bertz CT molecular complexity index is 1920. The lowest BCUT2D eigenvalue weighted by Crippen LogP contribution is -2.24. The van der Waals surface area contributed by atoms with Crippen LogP contribution in [-0.4, -0.2) is 21.8 Å². The molecule has 0 aliphatic rings. The van der Waals surface area contributed by atoms with Crippen molar-refractivity contribution in [2.45, 2.75) is 13.1 Å². The number of carbonyl (C=O) groups is 2. The van der Waals surface area contributed by atoms with E-state index in [0.29, 0.717) is 27.5 Å². The molecule has 2 aromatic heterocycles. The second kappa shape index (κ2) is 13.6. The highest BCUT2D eigenvalue weighted by molar-refractivity contribution is 5.99. The molecule has 2 N–H and O–H groups in total. The number of nitrogens with one attached hydrogen (secondary N) is 2. The molecule has 0 atom stereocenters. The van der Waals surface area contributed by atoms with Crippen LogP contribution in [0, 0.1) is 23.3 Å². The van der Waals surface area contributed by atoms with E-state index in [2.05, 4.69) is 20.6 Å². The van der Waals surface area contributed by atoms with Gasteiger partial charge in [0.15, 0.2) is 0 Å². The first-order valence-electron chi connectivity index (χ1n) is 13.4. The summed E-state index contributed by atoms with van der Waals surface area (Å²) in [6.07, 6.45) is 3.11. The van der Waals surface area contributed by atoms with Crippen LogP contribution in [0.2, 0.25) is 0 Å². The van der Waals surface area contributed by atoms with Crippen LogP contribution < -0.4 is 10.6 Å². The highest BCUT2D eigenvalue weighted by Gasteiger charge is 2.16. The Morgan fingerprint density at radius 2 is 1.14 bits per heavy atom. The average Bonchev–Trinajstić information content (AvgIpc) is 3.04. The van der Waals surface area contributed by atoms with E-state index in [-0.39, 0.29) is 29.6 Å². The number of halogens is 4. The Morgan fingerprint density at radius 3 is 1.77 bits per heavy atom. The molecule has 2 heterocycles. The fourth-order valence-corrected chi connectivity index (χ4v) is 4.39. The summed E-state index contributed by atoms with van der Waals surface area (Å²) in [4.78, 5) is 32.3. The maximum Gasteiger partial charge on any atom is 0.254 e. The molecule has 6 aromatic rings. The van der Waals surface area contributed by atoms with E-state index in [9.17, 15) is 27.2 Å². The van der Waals surface area contributed by atoms with Crippen molar-refractivity contribution in [1.82, 2.24) is 20.6 Å². The summed E-state index contributed by atoms with van der Waals surface area (Å²) in [6, 6.07) is 24.5. The van der Waals surface area contributed by atoms with Gasteiger partial charge < -0.3 is 10.6 Å². The fourth-order valence-electron chi connectivity index (χ4n) is 4.39. The highest BCUT2D eigenvalue weighted by atomic mass is 19.1. The Balaban J connectivity index is 0.000000175. The predicted octanol–water partition coefficient (Wildman–Crippen LogP) is 6.89. The molecule has 0 saturated carbocycles. The highest BCUT2D eigenvalue weighted by Crippen LogP contribution is 2.20. The number of benzene rings is 4. The van der Waals surface area contributed by atoms with Gasteiger partial charge in [-0.2, -0.15) is 0 Å². The van der Waals surface area contributed by atoms with Gasteiger partial charge in [-0.05, 0) is 48.5 Å². The van der Waals surface area contributed by atoms with Crippen molar-refractivity contribution in [2.24, 2.45) is 0 Å². The van der Waals surface area contributed by atoms with E-state index < -0.39 is 35.1 Å². The van der Waals surface area contributed by atoms with E-state index in [0.717, 1.165) is 0 Å². The first kappa shape index (κ1) is 29.8. The minimum Gasteiger partial charge on any atom is -0.348 e. The second-order valence-electron chi connectivity index (χ2n) is 9.57. The fraction of sp³-hybridized carbons (Fsp3) is 0.0588. The number of fused-ring (bicyclic) bond motifs is 2. The third kappa shape index (κ3) is 6.87. The quantitative estimate of drug-likeness (QED) is 0.205. The molecular weight excluding hydrogens is 572 g/mol. The number of hydrogen-bond donors (Lipinski definition) is 2. The first-order chi connectivity index (χ1) is 21.3. The summed E-state index contributed by atoms with van der Waals surface area (Å²) >= 11 is 0. The number of amides is 2. The molecular formula is C34H24F4N4O2. The molecule has 0 bridgehead atoms. The largest absolute Gasteiger partial charge is 0.348 e. The van der Waals surface area contributed by atoms with Crippen LogP contribution in [0.15, 0.2) is 109 Å². The summed E-state index contributed by atoms with van der Waals surface area (Å²) in [5.74, 6) is -3.29. The summed E-state index contributed by atoms with van der Waals surface area (Å²) in [7, 11) is 0. The van der Waals surface area contributed by atoms with Gasteiger partial charge in [0.25, 0.3) is 11.8 Å². The molecule has 10 heteroatoms. The van der Waals surface area contributed by atoms with E-state index >= 15 is 0 Å². The minimum atomic E-state index is -0.655. The zero-order valence-electron chi connectivity index (χ0n) is 23.0. The first-order valence-corrected chi connectivity index (χ1v) is 13.4. The van der Waals surface area contributed by atoms with Gasteiger partial charge in [0.05, 0.1) is 22.2 Å². The van der Waals surface area contributed by atoms with Crippen molar-refractivity contribution in [2.75, 3.05) is 0 Å². The number of rotatable bonds is 6. The zero-order valence-corrected chi connectivity index (χ0v) is 23.0. The van der Waals surface area contributed by atoms with Crippen LogP contribution in [0.5, 0.6) is 0 Å². The molecule has 6 rings (SSSR count). The van der Waals surface area contributed by atoms with E-state index in [1.807, 2.05) is 0 Å². The molecule has 6 nitrogen and oxygen atoms in total. The summed E-state index contributed by atoms with van der Waals surface area (Å²) < 4.78 is 55.3. The van der Waals surface area contributed by atoms with Gasteiger partial charge in [-0.3, -0.25) is 19.6 Å². The van der Waals surface area contributed by atoms with Gasteiger partial charge in [-0.25, -0.2) is 17.6 Å². The van der Waals surface area contributed by atoms with Crippen LogP contribution in [0.3, 0.4) is 0 Å². The van der Waals surface area contributed by atoms with Crippen molar-refractivity contribution < 1.29 is 27.2 Å². The van der Waals surface area contributed by atoms with Crippen molar-refractivity contribution in [3.05, 3.63) is 155 Å². The second-order valence-corrected chi connectivity index (χ2v) is 9.57. The van der Waals surface area contributed by atoms with Crippen LogP contribution in [0.1, 0.15) is 31.8 Å². The van der Waals surface area contributed by atoms with Gasteiger partial charge in [-0.15, -0.1) is 0 Å². The molecule has 0 fully saturated rings. The topological polar surface area (TPSA) is 84.0 Å². The standard InChI is InChI=1S/2C17H12F2N2O/c18-14-6-2-1-4-11(14)10-21-17(22)13-7-8-15-12(16(13)19)5-3-9-20-15;18-14-6-2-1-4-12(14)10-21-17(22)13-8-11-5-3-7-20-16(11)9-15(13)19/h2*1-9H,10H2,(H,21,22). The average molecular weight is 597 g/mol. The summed E-state index contributed by atoms with van der Waals surface area (Å²) in [6.45, 7) is -0.00789. The Labute approximate surface area is 249 Å². The number of aromatic nitrogens is 2. The number of nitrogens with zero attached hydrogens (tertiary/aromatic N) is 2. The normalized spacial score (nSPS) is 10.6. The maximum atomic E-state index is 14.3. The smallest absolute Gasteiger partial charge is 0.254 e. The van der Waals surface area contributed by atoms with E-state index in [4.69, 9.17) is 0 Å². The molecule has 220 valence electrons. The van der Waals surface area contributed by atoms with Gasteiger partial charge >= 0.3 is 0 Å². The van der Waals surface area contributed by atoms with Crippen LogP contribution in [0.4, 0.5) is 17.6 Å². The SMILES string of the molecule is O=C(NCc1ccccc1F)c1cc2cccnc2cc1F.O=C(NCc1ccccc1F)c1ccc2ncccc2c1F. The third-order valence-corrected chi connectivity index (χ3v) is 6.69. The Hall–Kier alpha value is -5.64. The summed E-state index contributed by atoms with van der Waals surface area (Å²) in [5.41, 5.74) is 1.47. The molecule has 0 unspecified atom stereocenters. The predicted molar refractivity (Wildman–Crippen MR) is 159 cm³/mol. The molecule has 0 aliphatic heterocycles. The molecule has 44 heavy (non-hydrogen) atoms. The maximum absolute atomic E-state index is 14.3. The van der Waals surface area contributed by atoms with Gasteiger partial charge in [0.2, 0.25) is 0 Å². The number of hydrogen-bond acceptors (Lipinski definition) is 4. The van der Waals surface area contributed by atoms with Crippen LogP contribution in [-0.2, 0) is 13.1 Å². The van der Waals surface area contributed by atoms with Crippen molar-refractivity contribution in [3.8, 4) is 0 Å². The lowest BCUT2D eigenvalue weighted by atomic mass is 10.1. The summed E-state index contributed by atoms with van der Waals surface area (Å²) in [5, 5.41) is 5.99. The Kier molecular flexibility index (Phi) is 9.19. The lowest BCUT2D eigenvalue weighted by molar-refractivity contribution is 0.0938. The van der Waals surface area contributed by atoms with Gasteiger partial charge in [-0.1, -0.05) is 42.5 Å². The third-order valence-electron chi connectivity index (χ3n) is 6.69. The van der Waals surface area contributed by atoms with Gasteiger partial charge in [0.1, 0.15) is 23.3 Å². The van der Waals surface area contributed by atoms with E-state index in [1.54, 1.807) is 79.1 Å². The van der Waals surface area contributed by atoms with Crippen molar-refractivity contribution >= 4 is 33.6 Å². The molecule has 0 saturated heterocycles. The monoisotopic (exact) mass is 596 g/mol. The van der Waals surface area contributed by atoms with Crippen LogP contribution in [0.25, 0.3) is 21.8 Å². The minimum absolute atomic E-state index is 0.00394. The zero-order chi connectivity index (χ0) is 31.1. The van der Waals surface area contributed by atoms with Crippen LogP contribution >= 0.6 is 0 Å². The van der Waals surface area contributed by atoms with E-state index in [1.165, 1.54) is 30.3 Å². The molecule has 0 spiro atoms. The molecule has 2 amide bonds. The van der Waals surface area contributed by atoms with Gasteiger partial charge in [0, 0.05) is 53.4 Å². The lowest BCUT2D eigenvalue weighted by Gasteiger charge is -2.08. The number of pyridine rings is 2. The Morgan fingerprint density at radius 1 is 0.568 bits per heavy atom. The van der Waals surface area contributed by atoms with Crippen molar-refractivity contribution in [1.29, 1.82) is 0 Å². The number of carbonyl (C=O) groups excluding carboxylic acids is 2.